The van der Waals surface area contributed by atoms with E-state index in [-0.39, 0.29) is 17.9 Å². The summed E-state index contributed by atoms with van der Waals surface area (Å²) in [6.07, 6.45) is 6.93. The van der Waals surface area contributed by atoms with Crippen molar-refractivity contribution in [3.63, 3.8) is 0 Å². The van der Waals surface area contributed by atoms with Crippen LogP contribution in [-0.4, -0.2) is 19.2 Å². The van der Waals surface area contributed by atoms with Crippen molar-refractivity contribution in [2.45, 2.75) is 38.7 Å². The van der Waals surface area contributed by atoms with E-state index < -0.39 is 47.2 Å². The summed E-state index contributed by atoms with van der Waals surface area (Å²) >= 11 is 0. The highest BCUT2D eigenvalue weighted by atomic mass is 19.2. The van der Waals surface area contributed by atoms with Gasteiger partial charge in [0.25, 0.3) is 0 Å². The number of halogens is 5. The number of esters is 1. The van der Waals surface area contributed by atoms with Crippen LogP contribution in [0.2, 0.25) is 0 Å². The molecule has 194 valence electrons. The Labute approximate surface area is 206 Å². The van der Waals surface area contributed by atoms with Crippen molar-refractivity contribution in [3.05, 3.63) is 95.9 Å². The van der Waals surface area contributed by atoms with E-state index in [1.807, 2.05) is 0 Å². The third kappa shape index (κ3) is 7.69. The van der Waals surface area contributed by atoms with Crippen LogP contribution in [0.25, 0.3) is 0 Å². The molecule has 0 saturated heterocycles. The topological polar surface area (TPSA) is 44.8 Å². The van der Waals surface area contributed by atoms with E-state index in [1.165, 1.54) is 12.1 Å². The number of allylic oxidation sites excluding steroid dienone is 3. The number of carbonyl (C=O) groups excluding carboxylic acids is 1. The molecule has 0 aromatic heterocycles. The Balaban J connectivity index is 2.16. The highest BCUT2D eigenvalue weighted by Gasteiger charge is 2.27. The lowest BCUT2D eigenvalue weighted by molar-refractivity contribution is 0.0457. The van der Waals surface area contributed by atoms with Crippen molar-refractivity contribution in [3.8, 4) is 11.5 Å². The van der Waals surface area contributed by atoms with Gasteiger partial charge in [-0.1, -0.05) is 30.9 Å². The third-order valence-electron chi connectivity index (χ3n) is 5.08. The van der Waals surface area contributed by atoms with Gasteiger partial charge in [-0.15, -0.1) is 6.58 Å². The van der Waals surface area contributed by atoms with Gasteiger partial charge >= 0.3 is 5.97 Å². The van der Waals surface area contributed by atoms with Crippen molar-refractivity contribution in [1.29, 1.82) is 0 Å². The molecule has 0 aliphatic rings. The van der Waals surface area contributed by atoms with Crippen LogP contribution >= 0.6 is 0 Å². The standard InChI is InChI=1S/C27H27F5O4/c1-4-6-8-14-35-21-12-11-18(34-13-9-7-10-17(3)5-2)15-19(21)27(33)36-16-20-22(28)24(30)26(32)25(31)23(20)29/h4-5,11-12,15H,1-3,6-10,13-14,16H2. The van der Waals surface area contributed by atoms with Crippen LogP contribution in [0.15, 0.2) is 55.7 Å². The quantitative estimate of drug-likeness (QED) is 0.0477. The molecule has 2 rings (SSSR count). The summed E-state index contributed by atoms with van der Waals surface area (Å²) in [5, 5.41) is 0. The molecule has 0 radical (unpaired) electrons. The molecule has 0 saturated carbocycles. The second-order valence-electron chi connectivity index (χ2n) is 7.73. The zero-order valence-electron chi connectivity index (χ0n) is 19.7. The smallest absolute Gasteiger partial charge is 0.342 e. The summed E-state index contributed by atoms with van der Waals surface area (Å²) < 4.78 is 84.2. The van der Waals surface area contributed by atoms with Gasteiger partial charge in [0.15, 0.2) is 23.3 Å². The molecule has 0 N–H and O–H groups in total. The maximum absolute atomic E-state index is 13.9. The number of hydrogen-bond acceptors (Lipinski definition) is 4. The zero-order chi connectivity index (χ0) is 26.7. The molecule has 0 spiro atoms. The number of rotatable bonds is 15. The van der Waals surface area contributed by atoms with Gasteiger partial charge in [-0.25, -0.2) is 26.7 Å². The number of benzene rings is 2. The molecule has 0 amide bonds. The summed E-state index contributed by atoms with van der Waals surface area (Å²) in [5.74, 6) is -11.4. The Morgan fingerprint density at radius 2 is 1.50 bits per heavy atom. The number of carbonyl (C=O) groups is 1. The summed E-state index contributed by atoms with van der Waals surface area (Å²) in [7, 11) is 0. The van der Waals surface area contributed by atoms with Gasteiger partial charge in [0.2, 0.25) is 5.82 Å². The van der Waals surface area contributed by atoms with Gasteiger partial charge in [0.1, 0.15) is 23.7 Å². The minimum atomic E-state index is -2.30. The monoisotopic (exact) mass is 510 g/mol. The number of ether oxygens (including phenoxy) is 3. The molecule has 2 aromatic rings. The molecule has 36 heavy (non-hydrogen) atoms. The van der Waals surface area contributed by atoms with E-state index in [0.29, 0.717) is 31.6 Å². The Morgan fingerprint density at radius 1 is 0.861 bits per heavy atom. The lowest BCUT2D eigenvalue weighted by atomic mass is 10.1. The van der Waals surface area contributed by atoms with E-state index in [9.17, 15) is 26.7 Å². The van der Waals surface area contributed by atoms with Crippen molar-refractivity contribution < 1.29 is 41.0 Å². The average Bonchev–Trinajstić information content (AvgIpc) is 2.88. The second-order valence-corrected chi connectivity index (χ2v) is 7.73. The molecular formula is C27H27F5O4. The van der Waals surface area contributed by atoms with Gasteiger partial charge < -0.3 is 14.2 Å². The van der Waals surface area contributed by atoms with Crippen LogP contribution in [0.1, 0.15) is 48.0 Å². The first kappa shape index (κ1) is 28.6. The molecule has 2 aromatic carbocycles. The van der Waals surface area contributed by atoms with Gasteiger partial charge in [-0.05, 0) is 50.3 Å². The van der Waals surface area contributed by atoms with Crippen molar-refractivity contribution in [2.75, 3.05) is 13.2 Å². The van der Waals surface area contributed by atoms with E-state index >= 15 is 0 Å². The van der Waals surface area contributed by atoms with Crippen LogP contribution in [0, 0.1) is 29.1 Å². The van der Waals surface area contributed by atoms with Gasteiger partial charge in [0.05, 0.1) is 18.8 Å². The first-order chi connectivity index (χ1) is 17.2. The molecule has 0 bridgehead atoms. The Hall–Kier alpha value is -3.62. The SMILES string of the molecule is C=CCCCOc1ccc(OCCCCC(=C)C=C)cc1C(=O)OCc1c(F)c(F)c(F)c(F)c1F. The van der Waals surface area contributed by atoms with Crippen molar-refractivity contribution >= 4 is 5.97 Å². The average molecular weight is 510 g/mol. The van der Waals surface area contributed by atoms with E-state index in [2.05, 4.69) is 19.7 Å². The minimum Gasteiger partial charge on any atom is -0.494 e. The van der Waals surface area contributed by atoms with E-state index in [4.69, 9.17) is 14.2 Å². The van der Waals surface area contributed by atoms with Crippen LogP contribution in [0.3, 0.4) is 0 Å². The normalized spacial score (nSPS) is 10.6. The molecule has 9 heteroatoms. The van der Waals surface area contributed by atoms with E-state index in [0.717, 1.165) is 18.4 Å². The highest BCUT2D eigenvalue weighted by molar-refractivity contribution is 5.93. The molecular weight excluding hydrogens is 483 g/mol. The summed E-state index contributed by atoms with van der Waals surface area (Å²) in [5.41, 5.74) is -0.483. The summed E-state index contributed by atoms with van der Waals surface area (Å²) in [6.45, 7) is 10.5. The predicted molar refractivity (Wildman–Crippen MR) is 125 cm³/mol. The Bertz CT molecular complexity index is 1080. The second kappa shape index (κ2) is 14.1. The molecule has 0 aliphatic carbocycles. The van der Waals surface area contributed by atoms with Gasteiger partial charge in [0, 0.05) is 0 Å². The molecule has 0 fully saturated rings. The first-order valence-corrected chi connectivity index (χ1v) is 11.2. The van der Waals surface area contributed by atoms with E-state index in [1.54, 1.807) is 18.2 Å². The van der Waals surface area contributed by atoms with Gasteiger partial charge in [-0.3, -0.25) is 0 Å². The lowest BCUT2D eigenvalue weighted by Gasteiger charge is -2.14. The minimum absolute atomic E-state index is 0.108. The number of hydrogen-bond donors (Lipinski definition) is 0. The van der Waals surface area contributed by atoms with Crippen LogP contribution in [0.5, 0.6) is 11.5 Å². The summed E-state index contributed by atoms with van der Waals surface area (Å²) in [6, 6.07) is 4.37. The van der Waals surface area contributed by atoms with Crippen LogP contribution in [-0.2, 0) is 11.3 Å². The highest BCUT2D eigenvalue weighted by Crippen LogP contribution is 2.28. The van der Waals surface area contributed by atoms with Crippen LogP contribution < -0.4 is 9.47 Å². The predicted octanol–water partition coefficient (Wildman–Crippen LogP) is 7.38. The molecule has 4 nitrogen and oxygen atoms in total. The maximum Gasteiger partial charge on any atom is 0.342 e. The number of unbranched alkanes of at least 4 members (excludes halogenated alkanes) is 2. The molecule has 0 atom stereocenters. The fourth-order valence-electron chi connectivity index (χ4n) is 3.03. The maximum atomic E-state index is 13.9. The first-order valence-electron chi connectivity index (χ1n) is 11.2. The zero-order valence-corrected chi connectivity index (χ0v) is 19.7. The van der Waals surface area contributed by atoms with Crippen molar-refractivity contribution in [2.24, 2.45) is 0 Å². The molecule has 0 heterocycles. The Morgan fingerprint density at radius 3 is 2.14 bits per heavy atom. The largest absolute Gasteiger partial charge is 0.494 e. The summed E-state index contributed by atoms with van der Waals surface area (Å²) in [4.78, 5) is 12.7. The van der Waals surface area contributed by atoms with Crippen LogP contribution in [0.4, 0.5) is 22.0 Å². The van der Waals surface area contributed by atoms with Crippen molar-refractivity contribution in [1.82, 2.24) is 0 Å². The fraction of sp³-hybridized carbons (Fsp3) is 0.296. The van der Waals surface area contributed by atoms with Gasteiger partial charge in [-0.2, -0.15) is 0 Å². The molecule has 0 aliphatic heterocycles. The lowest BCUT2D eigenvalue weighted by Crippen LogP contribution is -2.13. The molecule has 0 unspecified atom stereocenters. The Kier molecular flexibility index (Phi) is 11.2. The third-order valence-corrected chi connectivity index (χ3v) is 5.08. The fourth-order valence-corrected chi connectivity index (χ4v) is 3.03.